The minimum Gasteiger partial charge on any atom is -0.352 e. The highest BCUT2D eigenvalue weighted by molar-refractivity contribution is 14.0. The van der Waals surface area contributed by atoms with Gasteiger partial charge in [0.1, 0.15) is 0 Å². The summed E-state index contributed by atoms with van der Waals surface area (Å²) in [5.41, 5.74) is 2.70. The first-order valence-corrected chi connectivity index (χ1v) is 10.1. The van der Waals surface area contributed by atoms with E-state index in [1.54, 1.807) is 26.1 Å². The Kier molecular flexibility index (Phi) is 8.85. The Bertz CT molecular complexity index is 886. The van der Waals surface area contributed by atoms with Crippen LogP contribution in [0.25, 0.3) is 0 Å². The van der Waals surface area contributed by atoms with Gasteiger partial charge >= 0.3 is 0 Å². The molecule has 2 N–H and O–H groups in total. The minimum atomic E-state index is -3.20. The highest BCUT2D eigenvalue weighted by atomic mass is 127. The lowest BCUT2D eigenvalue weighted by molar-refractivity contribution is 0.601. The normalized spacial score (nSPS) is 11.6. The van der Waals surface area contributed by atoms with Crippen LogP contribution in [0, 0.1) is 6.92 Å². The van der Waals surface area contributed by atoms with Crippen molar-refractivity contribution in [1.29, 1.82) is 0 Å². The van der Waals surface area contributed by atoms with Gasteiger partial charge in [-0.05, 0) is 35.7 Å². The molecule has 0 spiro atoms. The van der Waals surface area contributed by atoms with Crippen LogP contribution in [0.3, 0.4) is 0 Å². The standard InChI is InChI=1S/C18H22ClN3O2S.HI/c1-13-10-14(8-9-17(13)25(3,23)24)11-21-18(20-2)22-12-15-6-4-5-7-16(15)19;/h4-10H,11-12H2,1-3H3,(H2,20,21,22);1H. The summed E-state index contributed by atoms with van der Waals surface area (Å²) in [6.45, 7) is 2.89. The van der Waals surface area contributed by atoms with Gasteiger partial charge in [0.25, 0.3) is 0 Å². The van der Waals surface area contributed by atoms with Crippen LogP contribution in [0.1, 0.15) is 16.7 Å². The summed E-state index contributed by atoms with van der Waals surface area (Å²) in [6, 6.07) is 12.9. The summed E-state index contributed by atoms with van der Waals surface area (Å²) in [6.07, 6.45) is 1.22. The Morgan fingerprint density at radius 3 is 2.35 bits per heavy atom. The fourth-order valence-corrected chi connectivity index (χ4v) is 3.63. The maximum absolute atomic E-state index is 11.7. The van der Waals surface area contributed by atoms with Crippen LogP contribution in [-0.4, -0.2) is 27.7 Å². The average molecular weight is 508 g/mol. The summed E-state index contributed by atoms with van der Waals surface area (Å²) in [5.74, 6) is 0.643. The highest BCUT2D eigenvalue weighted by Gasteiger charge is 2.11. The maximum atomic E-state index is 11.7. The van der Waals surface area contributed by atoms with Crippen LogP contribution < -0.4 is 10.6 Å². The van der Waals surface area contributed by atoms with Crippen LogP contribution in [0.4, 0.5) is 0 Å². The number of benzene rings is 2. The number of hydrogen-bond donors (Lipinski definition) is 2. The largest absolute Gasteiger partial charge is 0.352 e. The molecule has 26 heavy (non-hydrogen) atoms. The fraction of sp³-hybridized carbons (Fsp3) is 0.278. The number of guanidine groups is 1. The van der Waals surface area contributed by atoms with Gasteiger partial charge < -0.3 is 10.6 Å². The molecule has 0 bridgehead atoms. The number of rotatable bonds is 5. The van der Waals surface area contributed by atoms with Crippen molar-refractivity contribution in [3.05, 3.63) is 64.2 Å². The van der Waals surface area contributed by atoms with Crippen molar-refractivity contribution in [3.8, 4) is 0 Å². The van der Waals surface area contributed by atoms with Gasteiger partial charge in [-0.3, -0.25) is 4.99 Å². The van der Waals surface area contributed by atoms with E-state index in [1.807, 2.05) is 30.3 Å². The lowest BCUT2D eigenvalue weighted by Crippen LogP contribution is -2.36. The first-order valence-electron chi connectivity index (χ1n) is 7.79. The Balaban J connectivity index is 0.00000338. The van der Waals surface area contributed by atoms with E-state index in [1.165, 1.54) is 6.26 Å². The van der Waals surface area contributed by atoms with E-state index in [9.17, 15) is 8.42 Å². The highest BCUT2D eigenvalue weighted by Crippen LogP contribution is 2.17. The van der Waals surface area contributed by atoms with Crippen molar-refractivity contribution >= 4 is 51.4 Å². The van der Waals surface area contributed by atoms with Gasteiger partial charge in [-0.15, -0.1) is 24.0 Å². The van der Waals surface area contributed by atoms with Gasteiger partial charge in [-0.25, -0.2) is 8.42 Å². The molecular weight excluding hydrogens is 485 g/mol. The zero-order valence-corrected chi connectivity index (χ0v) is 18.8. The van der Waals surface area contributed by atoms with Crippen LogP contribution in [-0.2, 0) is 22.9 Å². The summed E-state index contributed by atoms with van der Waals surface area (Å²) < 4.78 is 23.3. The molecule has 0 atom stereocenters. The van der Waals surface area contributed by atoms with Crippen molar-refractivity contribution < 1.29 is 8.42 Å². The summed E-state index contributed by atoms with van der Waals surface area (Å²) in [7, 11) is -1.50. The smallest absolute Gasteiger partial charge is 0.191 e. The number of halogens is 2. The SMILES string of the molecule is CN=C(NCc1ccc(S(C)(=O)=O)c(C)c1)NCc1ccccc1Cl.I. The lowest BCUT2D eigenvalue weighted by Gasteiger charge is -2.13. The summed E-state index contributed by atoms with van der Waals surface area (Å²) in [5, 5.41) is 7.12. The Hall–Kier alpha value is -1.32. The second-order valence-corrected chi connectivity index (χ2v) is 8.13. The number of hydrogen-bond acceptors (Lipinski definition) is 3. The first-order chi connectivity index (χ1) is 11.8. The number of aliphatic imine (C=N–C) groups is 1. The predicted octanol–water partition coefficient (Wildman–Crippen LogP) is 3.54. The average Bonchev–Trinajstić information content (AvgIpc) is 2.55. The number of nitrogens with zero attached hydrogens (tertiary/aromatic N) is 1. The maximum Gasteiger partial charge on any atom is 0.191 e. The fourth-order valence-electron chi connectivity index (χ4n) is 2.46. The number of nitrogens with one attached hydrogen (secondary N) is 2. The predicted molar refractivity (Wildman–Crippen MR) is 118 cm³/mol. The van der Waals surface area contributed by atoms with Crippen LogP contribution >= 0.6 is 35.6 Å². The van der Waals surface area contributed by atoms with E-state index in [-0.39, 0.29) is 24.0 Å². The number of sulfone groups is 1. The molecule has 0 heterocycles. The molecule has 5 nitrogen and oxygen atoms in total. The molecular formula is C18H23ClIN3O2S. The zero-order chi connectivity index (χ0) is 18.4. The van der Waals surface area contributed by atoms with Gasteiger partial charge in [0.2, 0.25) is 0 Å². The van der Waals surface area contributed by atoms with Crippen LogP contribution in [0.15, 0.2) is 52.4 Å². The molecule has 0 saturated heterocycles. The zero-order valence-electron chi connectivity index (χ0n) is 14.9. The lowest BCUT2D eigenvalue weighted by atomic mass is 10.1. The first kappa shape index (κ1) is 22.7. The third-order valence-corrected chi connectivity index (χ3v) is 5.35. The molecule has 0 aromatic heterocycles. The van der Waals surface area contributed by atoms with E-state index in [2.05, 4.69) is 15.6 Å². The molecule has 0 radical (unpaired) electrons. The molecule has 2 aromatic carbocycles. The van der Waals surface area contributed by atoms with Crippen LogP contribution in [0.5, 0.6) is 0 Å². The monoisotopic (exact) mass is 507 g/mol. The van der Waals surface area contributed by atoms with Crippen molar-refractivity contribution in [3.63, 3.8) is 0 Å². The topological polar surface area (TPSA) is 70.6 Å². The van der Waals surface area contributed by atoms with Gasteiger partial charge in [0.15, 0.2) is 15.8 Å². The van der Waals surface area contributed by atoms with E-state index in [0.717, 1.165) is 16.7 Å². The van der Waals surface area contributed by atoms with Crippen molar-refractivity contribution in [1.82, 2.24) is 10.6 Å². The Labute approximate surface area is 177 Å². The second-order valence-electron chi connectivity index (χ2n) is 5.74. The molecule has 0 aliphatic carbocycles. The molecule has 0 unspecified atom stereocenters. The second kappa shape index (κ2) is 10.1. The van der Waals surface area contributed by atoms with Gasteiger partial charge in [-0.1, -0.05) is 41.9 Å². The molecule has 8 heteroatoms. The molecule has 0 amide bonds. The Morgan fingerprint density at radius 2 is 1.77 bits per heavy atom. The third-order valence-electron chi connectivity index (χ3n) is 3.73. The van der Waals surface area contributed by atoms with E-state index in [4.69, 9.17) is 11.6 Å². The minimum absolute atomic E-state index is 0. The van der Waals surface area contributed by atoms with E-state index >= 15 is 0 Å². The van der Waals surface area contributed by atoms with Gasteiger partial charge in [0, 0.05) is 31.4 Å². The molecule has 2 aromatic rings. The molecule has 2 rings (SSSR count). The molecule has 0 aliphatic rings. The van der Waals surface area contributed by atoms with E-state index < -0.39 is 9.84 Å². The number of aryl methyl sites for hydroxylation is 1. The molecule has 0 fully saturated rings. The van der Waals surface area contributed by atoms with E-state index in [0.29, 0.717) is 29.0 Å². The molecule has 142 valence electrons. The quantitative estimate of drug-likeness (QED) is 0.369. The third kappa shape index (κ3) is 6.44. The molecule has 0 saturated carbocycles. The van der Waals surface area contributed by atoms with Crippen molar-refractivity contribution in [2.24, 2.45) is 4.99 Å². The van der Waals surface area contributed by atoms with Crippen molar-refractivity contribution in [2.45, 2.75) is 24.9 Å². The van der Waals surface area contributed by atoms with Crippen LogP contribution in [0.2, 0.25) is 5.02 Å². The van der Waals surface area contributed by atoms with Gasteiger partial charge in [0.05, 0.1) is 4.90 Å². The summed E-state index contributed by atoms with van der Waals surface area (Å²) >= 11 is 6.14. The van der Waals surface area contributed by atoms with Crippen molar-refractivity contribution in [2.75, 3.05) is 13.3 Å². The Morgan fingerprint density at radius 1 is 1.12 bits per heavy atom. The molecule has 0 aliphatic heterocycles. The summed E-state index contributed by atoms with van der Waals surface area (Å²) in [4.78, 5) is 4.54. The van der Waals surface area contributed by atoms with Gasteiger partial charge in [-0.2, -0.15) is 0 Å².